The summed E-state index contributed by atoms with van der Waals surface area (Å²) >= 11 is 3.58. The molecule has 0 fully saturated rings. The largest absolute Gasteiger partial charge is 0.486 e. The molecule has 2 atom stereocenters. The van der Waals surface area contributed by atoms with Crippen molar-refractivity contribution in [3.8, 4) is 11.5 Å². The number of hydrogen-bond acceptors (Lipinski definition) is 4. The predicted molar refractivity (Wildman–Crippen MR) is 83.8 cm³/mol. The third kappa shape index (κ3) is 2.65. The molecule has 1 N–H and O–H groups in total. The van der Waals surface area contributed by atoms with Crippen molar-refractivity contribution in [2.45, 2.75) is 25.6 Å². The van der Waals surface area contributed by atoms with Gasteiger partial charge in [0.25, 0.3) is 0 Å². The van der Waals surface area contributed by atoms with Gasteiger partial charge in [0.05, 0.1) is 22.4 Å². The van der Waals surface area contributed by atoms with Crippen LogP contribution >= 0.6 is 15.9 Å². The average molecular weight is 352 g/mol. The number of fused-ring (bicyclic) bond motifs is 1. The zero-order valence-corrected chi connectivity index (χ0v) is 13.6. The fraction of sp³-hybridized carbons (Fsp3) is 0.400. The molecule has 0 saturated heterocycles. The third-order valence-electron chi connectivity index (χ3n) is 3.64. The molecule has 2 unspecified atom stereocenters. The van der Waals surface area contributed by atoms with Gasteiger partial charge in [0.15, 0.2) is 17.6 Å². The average Bonchev–Trinajstić information content (AvgIpc) is 2.89. The highest BCUT2D eigenvalue weighted by molar-refractivity contribution is 9.10. The van der Waals surface area contributed by atoms with E-state index < -0.39 is 0 Å². The normalized spacial score (nSPS) is 18.5. The molecule has 0 spiro atoms. The van der Waals surface area contributed by atoms with Crippen molar-refractivity contribution >= 4 is 15.9 Å². The van der Waals surface area contributed by atoms with Crippen LogP contribution in [0.2, 0.25) is 0 Å². The molecule has 1 aromatic carbocycles. The lowest BCUT2D eigenvalue weighted by molar-refractivity contribution is 0.0612. The van der Waals surface area contributed by atoms with Gasteiger partial charge in [-0.15, -0.1) is 0 Å². The van der Waals surface area contributed by atoms with Crippen LogP contribution in [0.5, 0.6) is 11.5 Å². The maximum absolute atomic E-state index is 6.11. The number of nitrogens with zero attached hydrogens (tertiary/aromatic N) is 2. The van der Waals surface area contributed by atoms with Gasteiger partial charge < -0.3 is 14.8 Å². The van der Waals surface area contributed by atoms with E-state index in [1.54, 1.807) is 0 Å². The van der Waals surface area contributed by atoms with Crippen LogP contribution in [-0.2, 0) is 6.54 Å². The van der Waals surface area contributed by atoms with E-state index in [0.717, 1.165) is 28.2 Å². The van der Waals surface area contributed by atoms with Gasteiger partial charge in [-0.3, -0.25) is 4.68 Å². The van der Waals surface area contributed by atoms with Crippen LogP contribution in [-0.4, -0.2) is 29.5 Å². The lowest BCUT2D eigenvalue weighted by Crippen LogP contribution is -2.41. The van der Waals surface area contributed by atoms with E-state index in [9.17, 15) is 0 Å². The number of likely N-dealkylation sites (N-methyl/N-ethyl adjacent to an activating group) is 1. The third-order valence-corrected chi connectivity index (χ3v) is 4.25. The lowest BCUT2D eigenvalue weighted by Gasteiger charge is -2.32. The standard InChI is InChI=1S/C15H18BrN3O2/c1-3-19-15(10(16)8-18-19)14(17-2)13-9-20-11-6-4-5-7-12(11)21-13/h4-8,13-14,17H,3,9H2,1-2H3. The number of ether oxygens (including phenoxy) is 2. The quantitative estimate of drug-likeness (QED) is 0.919. The van der Waals surface area contributed by atoms with Crippen LogP contribution in [0.3, 0.4) is 0 Å². The van der Waals surface area contributed by atoms with Crippen LogP contribution in [0.4, 0.5) is 0 Å². The van der Waals surface area contributed by atoms with Gasteiger partial charge in [-0.25, -0.2) is 0 Å². The Bertz CT molecular complexity index is 629. The molecule has 5 nitrogen and oxygen atoms in total. The zero-order chi connectivity index (χ0) is 14.8. The van der Waals surface area contributed by atoms with Crippen LogP contribution < -0.4 is 14.8 Å². The summed E-state index contributed by atoms with van der Waals surface area (Å²) in [6.07, 6.45) is 1.71. The Labute approximate surface area is 132 Å². The Morgan fingerprint density at radius 2 is 2.19 bits per heavy atom. The smallest absolute Gasteiger partial charge is 0.161 e. The molecule has 0 bridgehead atoms. The van der Waals surface area contributed by atoms with Gasteiger partial charge in [-0.1, -0.05) is 12.1 Å². The molecule has 0 saturated carbocycles. The Balaban J connectivity index is 1.90. The SMILES string of the molecule is CCn1ncc(Br)c1C(NC)C1COc2ccccc2O1. The summed E-state index contributed by atoms with van der Waals surface area (Å²) in [5.41, 5.74) is 1.08. The molecule has 1 aromatic heterocycles. The van der Waals surface area contributed by atoms with E-state index in [1.165, 1.54) is 0 Å². The number of aryl methyl sites for hydroxylation is 1. The molecule has 2 aromatic rings. The van der Waals surface area contributed by atoms with Crippen molar-refractivity contribution in [1.82, 2.24) is 15.1 Å². The van der Waals surface area contributed by atoms with Crippen molar-refractivity contribution in [3.05, 3.63) is 40.6 Å². The molecule has 3 rings (SSSR count). The number of nitrogens with one attached hydrogen (secondary N) is 1. The zero-order valence-electron chi connectivity index (χ0n) is 12.0. The first-order valence-electron chi connectivity index (χ1n) is 7.01. The number of halogens is 1. The molecule has 112 valence electrons. The van der Waals surface area contributed by atoms with E-state index in [0.29, 0.717) is 6.61 Å². The van der Waals surface area contributed by atoms with Crippen LogP contribution in [0.15, 0.2) is 34.9 Å². The maximum atomic E-state index is 6.11. The summed E-state index contributed by atoms with van der Waals surface area (Å²) in [5.74, 6) is 1.58. The van der Waals surface area contributed by atoms with E-state index in [1.807, 2.05) is 42.2 Å². The van der Waals surface area contributed by atoms with Crippen LogP contribution in [0.25, 0.3) is 0 Å². The molecule has 6 heteroatoms. The highest BCUT2D eigenvalue weighted by atomic mass is 79.9. The van der Waals surface area contributed by atoms with Crippen molar-refractivity contribution in [2.24, 2.45) is 0 Å². The number of rotatable bonds is 4. The topological polar surface area (TPSA) is 48.3 Å². The first-order valence-corrected chi connectivity index (χ1v) is 7.80. The number of benzene rings is 1. The number of hydrogen-bond donors (Lipinski definition) is 1. The van der Waals surface area contributed by atoms with Crippen molar-refractivity contribution in [1.29, 1.82) is 0 Å². The van der Waals surface area contributed by atoms with E-state index in [2.05, 4.69) is 33.3 Å². The van der Waals surface area contributed by atoms with Crippen molar-refractivity contribution < 1.29 is 9.47 Å². The minimum atomic E-state index is -0.108. The summed E-state index contributed by atoms with van der Waals surface area (Å²) in [6.45, 7) is 3.39. The summed E-state index contributed by atoms with van der Waals surface area (Å²) in [4.78, 5) is 0. The first kappa shape index (κ1) is 14.4. The molecule has 21 heavy (non-hydrogen) atoms. The fourth-order valence-corrected chi connectivity index (χ4v) is 3.17. The molecule has 1 aliphatic rings. The molecular formula is C15H18BrN3O2. The van der Waals surface area contributed by atoms with Gasteiger partial charge in [0.1, 0.15) is 6.61 Å². The molecule has 2 heterocycles. The predicted octanol–water partition coefficient (Wildman–Crippen LogP) is 2.77. The van der Waals surface area contributed by atoms with E-state index in [4.69, 9.17) is 9.47 Å². The Hall–Kier alpha value is -1.53. The summed E-state index contributed by atoms with van der Waals surface area (Å²) in [6, 6.07) is 7.74. The monoisotopic (exact) mass is 351 g/mol. The van der Waals surface area contributed by atoms with Crippen molar-refractivity contribution in [3.63, 3.8) is 0 Å². The Kier molecular flexibility index (Phi) is 4.17. The molecule has 0 radical (unpaired) electrons. The second-order valence-electron chi connectivity index (χ2n) is 4.87. The summed E-state index contributed by atoms with van der Waals surface area (Å²) < 4.78 is 14.9. The van der Waals surface area contributed by atoms with Gasteiger partial charge >= 0.3 is 0 Å². The van der Waals surface area contributed by atoms with Gasteiger partial charge in [-0.05, 0) is 42.0 Å². The Morgan fingerprint density at radius 1 is 1.43 bits per heavy atom. The number of para-hydroxylation sites is 2. The first-order chi connectivity index (χ1) is 10.2. The molecule has 1 aliphatic heterocycles. The number of aromatic nitrogens is 2. The summed E-state index contributed by atoms with van der Waals surface area (Å²) in [5, 5.41) is 7.70. The summed E-state index contributed by atoms with van der Waals surface area (Å²) in [7, 11) is 1.92. The van der Waals surface area contributed by atoms with Crippen LogP contribution in [0.1, 0.15) is 18.7 Å². The van der Waals surface area contributed by atoms with E-state index in [-0.39, 0.29) is 12.1 Å². The molecule has 0 amide bonds. The highest BCUT2D eigenvalue weighted by Crippen LogP contribution is 2.35. The minimum absolute atomic E-state index is 0.00446. The minimum Gasteiger partial charge on any atom is -0.486 e. The maximum Gasteiger partial charge on any atom is 0.161 e. The fourth-order valence-electron chi connectivity index (χ4n) is 2.63. The lowest BCUT2D eigenvalue weighted by atomic mass is 10.1. The highest BCUT2D eigenvalue weighted by Gasteiger charge is 2.32. The van der Waals surface area contributed by atoms with Gasteiger partial charge in [0, 0.05) is 6.54 Å². The van der Waals surface area contributed by atoms with Crippen LogP contribution in [0, 0.1) is 0 Å². The molecule has 0 aliphatic carbocycles. The van der Waals surface area contributed by atoms with Gasteiger partial charge in [-0.2, -0.15) is 5.10 Å². The van der Waals surface area contributed by atoms with Gasteiger partial charge in [0.2, 0.25) is 0 Å². The second-order valence-corrected chi connectivity index (χ2v) is 5.73. The molecular weight excluding hydrogens is 334 g/mol. The Morgan fingerprint density at radius 3 is 2.90 bits per heavy atom. The van der Waals surface area contributed by atoms with Crippen molar-refractivity contribution in [2.75, 3.05) is 13.7 Å². The van der Waals surface area contributed by atoms with E-state index >= 15 is 0 Å². The second kappa shape index (κ2) is 6.07.